The minimum absolute atomic E-state index is 0.132. The summed E-state index contributed by atoms with van der Waals surface area (Å²) in [6.07, 6.45) is 4.15. The van der Waals surface area contributed by atoms with Crippen LogP contribution in [0.4, 0.5) is 4.79 Å². The number of imide groups is 1. The van der Waals surface area contributed by atoms with Gasteiger partial charge in [0.05, 0.1) is 19.9 Å². The zero-order valence-electron chi connectivity index (χ0n) is 14.1. The predicted octanol–water partition coefficient (Wildman–Crippen LogP) is 1.87. The Morgan fingerprint density at radius 1 is 1.15 bits per heavy atom. The molecule has 0 saturated heterocycles. The number of hydrogen-bond donors (Lipinski definition) is 2. The molecule has 2 N–H and O–H groups in total. The van der Waals surface area contributed by atoms with Gasteiger partial charge in [0.1, 0.15) is 11.5 Å². The summed E-state index contributed by atoms with van der Waals surface area (Å²) in [5.74, 6) is -0.328. The maximum atomic E-state index is 11.6. The maximum Gasteiger partial charge on any atom is 0.331 e. The Balaban J connectivity index is 1.71. The quantitative estimate of drug-likeness (QED) is 0.578. The zero-order chi connectivity index (χ0) is 18.8. The minimum atomic E-state index is -0.749. The Bertz CT molecular complexity index is 783. The molecule has 0 saturated carbocycles. The summed E-state index contributed by atoms with van der Waals surface area (Å²) in [6.45, 7) is -0.448. The lowest BCUT2D eigenvalue weighted by atomic mass is 10.2. The van der Waals surface area contributed by atoms with Crippen molar-refractivity contribution in [2.45, 2.75) is 6.54 Å². The van der Waals surface area contributed by atoms with Crippen LogP contribution in [0, 0.1) is 0 Å². The first kappa shape index (κ1) is 18.8. The molecule has 8 heteroatoms. The second-order valence-corrected chi connectivity index (χ2v) is 4.99. The van der Waals surface area contributed by atoms with E-state index in [4.69, 9.17) is 13.9 Å². The van der Waals surface area contributed by atoms with Crippen molar-refractivity contribution in [1.29, 1.82) is 0 Å². The summed E-state index contributed by atoms with van der Waals surface area (Å²) < 4.78 is 15.0. The molecule has 0 radical (unpaired) electrons. The summed E-state index contributed by atoms with van der Waals surface area (Å²) in [5, 5.41) is 4.47. The second kappa shape index (κ2) is 9.67. The summed E-state index contributed by atoms with van der Waals surface area (Å²) in [4.78, 5) is 34.7. The fraction of sp³-hybridized carbons (Fsp3) is 0.167. The van der Waals surface area contributed by atoms with E-state index >= 15 is 0 Å². The van der Waals surface area contributed by atoms with Gasteiger partial charge < -0.3 is 19.2 Å². The SMILES string of the molecule is COc1ccccc1/C=C/C(=O)OCC(=O)NC(=O)NCc1ccco1. The highest BCUT2D eigenvalue weighted by molar-refractivity contribution is 5.96. The van der Waals surface area contributed by atoms with Crippen molar-refractivity contribution in [2.75, 3.05) is 13.7 Å². The Hall–Kier alpha value is -3.55. The molecule has 2 aromatic rings. The van der Waals surface area contributed by atoms with Gasteiger partial charge in [-0.1, -0.05) is 18.2 Å². The van der Waals surface area contributed by atoms with Crippen LogP contribution in [0.15, 0.2) is 53.2 Å². The van der Waals surface area contributed by atoms with Gasteiger partial charge in [0.25, 0.3) is 5.91 Å². The Labute approximate surface area is 149 Å². The molecule has 0 bridgehead atoms. The van der Waals surface area contributed by atoms with Crippen LogP contribution in [0.2, 0.25) is 0 Å². The molecule has 3 amide bonds. The van der Waals surface area contributed by atoms with Crippen LogP contribution in [0.3, 0.4) is 0 Å². The maximum absolute atomic E-state index is 11.6. The zero-order valence-corrected chi connectivity index (χ0v) is 14.1. The van der Waals surface area contributed by atoms with E-state index in [2.05, 4.69) is 5.32 Å². The highest BCUT2D eigenvalue weighted by Gasteiger charge is 2.10. The molecule has 136 valence electrons. The highest BCUT2D eigenvalue weighted by Crippen LogP contribution is 2.18. The largest absolute Gasteiger partial charge is 0.496 e. The van der Waals surface area contributed by atoms with Crippen molar-refractivity contribution in [3.63, 3.8) is 0 Å². The van der Waals surface area contributed by atoms with Crippen molar-refractivity contribution in [1.82, 2.24) is 10.6 Å². The number of rotatable bonds is 7. The third kappa shape index (κ3) is 6.16. The number of hydrogen-bond acceptors (Lipinski definition) is 6. The van der Waals surface area contributed by atoms with Gasteiger partial charge >= 0.3 is 12.0 Å². The fourth-order valence-electron chi connectivity index (χ4n) is 1.93. The average molecular weight is 358 g/mol. The topological polar surface area (TPSA) is 107 Å². The summed E-state index contributed by atoms with van der Waals surface area (Å²) in [6, 6.07) is 9.75. The van der Waals surface area contributed by atoms with Gasteiger partial charge in [0.15, 0.2) is 6.61 Å². The van der Waals surface area contributed by atoms with Crippen molar-refractivity contribution in [2.24, 2.45) is 0 Å². The third-order valence-electron chi connectivity index (χ3n) is 3.14. The number of para-hydroxylation sites is 1. The standard InChI is InChI=1S/C18H18N2O6/c1-24-15-7-3-2-5-13(15)8-9-17(22)26-12-16(21)20-18(23)19-11-14-6-4-10-25-14/h2-10H,11-12H2,1H3,(H2,19,20,21,23)/b9-8+. The van der Waals surface area contributed by atoms with E-state index < -0.39 is 24.5 Å². The van der Waals surface area contributed by atoms with Crippen molar-refractivity contribution < 1.29 is 28.3 Å². The lowest BCUT2D eigenvalue weighted by Gasteiger charge is -2.06. The van der Waals surface area contributed by atoms with Crippen molar-refractivity contribution in [3.05, 3.63) is 60.1 Å². The van der Waals surface area contributed by atoms with Gasteiger partial charge in [-0.15, -0.1) is 0 Å². The van der Waals surface area contributed by atoms with Crippen LogP contribution < -0.4 is 15.4 Å². The van der Waals surface area contributed by atoms with Crippen LogP contribution in [-0.2, 0) is 20.9 Å². The van der Waals surface area contributed by atoms with E-state index in [0.29, 0.717) is 17.1 Å². The average Bonchev–Trinajstić information content (AvgIpc) is 3.17. The van der Waals surface area contributed by atoms with E-state index in [1.54, 1.807) is 36.4 Å². The molecular weight excluding hydrogens is 340 g/mol. The summed E-state index contributed by atoms with van der Waals surface area (Å²) in [7, 11) is 1.52. The van der Waals surface area contributed by atoms with Crippen LogP contribution in [0.25, 0.3) is 6.08 Å². The second-order valence-electron chi connectivity index (χ2n) is 4.99. The normalized spacial score (nSPS) is 10.3. The van der Waals surface area contributed by atoms with E-state index in [9.17, 15) is 14.4 Å². The molecule has 8 nitrogen and oxygen atoms in total. The Kier molecular flexibility index (Phi) is 6.99. The van der Waals surface area contributed by atoms with Gasteiger partial charge in [-0.25, -0.2) is 9.59 Å². The minimum Gasteiger partial charge on any atom is -0.496 e. The number of carbonyl (C=O) groups excluding carboxylic acids is 3. The molecule has 0 unspecified atom stereocenters. The number of esters is 1. The van der Waals surface area contributed by atoms with Crippen LogP contribution >= 0.6 is 0 Å². The van der Waals surface area contributed by atoms with Gasteiger partial charge in [0, 0.05) is 11.6 Å². The molecule has 1 aromatic carbocycles. The lowest BCUT2D eigenvalue weighted by molar-refractivity contribution is -0.143. The molecule has 2 rings (SSSR count). The van der Waals surface area contributed by atoms with Gasteiger partial charge in [-0.2, -0.15) is 0 Å². The monoisotopic (exact) mass is 358 g/mol. The first-order valence-corrected chi connectivity index (χ1v) is 7.66. The Morgan fingerprint density at radius 3 is 2.69 bits per heavy atom. The summed E-state index contributed by atoms with van der Waals surface area (Å²) >= 11 is 0. The van der Waals surface area contributed by atoms with Crippen LogP contribution in [-0.4, -0.2) is 31.6 Å². The van der Waals surface area contributed by atoms with E-state index in [0.717, 1.165) is 0 Å². The van der Waals surface area contributed by atoms with Gasteiger partial charge in [-0.05, 0) is 24.3 Å². The van der Waals surface area contributed by atoms with Gasteiger partial charge in [-0.3, -0.25) is 10.1 Å². The number of urea groups is 1. The number of carbonyl (C=O) groups is 3. The number of nitrogens with one attached hydrogen (secondary N) is 2. The molecule has 0 spiro atoms. The van der Waals surface area contributed by atoms with Crippen LogP contribution in [0.5, 0.6) is 5.75 Å². The molecule has 0 fully saturated rings. The molecule has 1 aromatic heterocycles. The third-order valence-corrected chi connectivity index (χ3v) is 3.14. The first-order chi connectivity index (χ1) is 12.6. The van der Waals surface area contributed by atoms with E-state index in [-0.39, 0.29) is 6.54 Å². The highest BCUT2D eigenvalue weighted by atomic mass is 16.5. The number of methoxy groups -OCH3 is 1. The lowest BCUT2D eigenvalue weighted by Crippen LogP contribution is -2.41. The number of furan rings is 1. The number of benzene rings is 1. The molecule has 0 atom stereocenters. The smallest absolute Gasteiger partial charge is 0.331 e. The number of ether oxygens (including phenoxy) is 2. The molecule has 0 aliphatic heterocycles. The van der Waals surface area contributed by atoms with E-state index in [1.165, 1.54) is 25.5 Å². The molecule has 0 aliphatic rings. The predicted molar refractivity (Wildman–Crippen MR) is 92.1 cm³/mol. The van der Waals surface area contributed by atoms with Crippen molar-refractivity contribution in [3.8, 4) is 5.75 Å². The molecule has 26 heavy (non-hydrogen) atoms. The van der Waals surface area contributed by atoms with Gasteiger partial charge in [0.2, 0.25) is 0 Å². The molecule has 1 heterocycles. The van der Waals surface area contributed by atoms with Crippen molar-refractivity contribution >= 4 is 24.0 Å². The number of amides is 3. The molecular formula is C18H18N2O6. The molecule has 0 aliphatic carbocycles. The summed E-state index contributed by atoms with van der Waals surface area (Å²) in [5.41, 5.74) is 0.689. The fourth-order valence-corrected chi connectivity index (χ4v) is 1.93. The Morgan fingerprint density at radius 2 is 1.96 bits per heavy atom. The first-order valence-electron chi connectivity index (χ1n) is 7.66. The van der Waals surface area contributed by atoms with Crippen LogP contribution in [0.1, 0.15) is 11.3 Å². The van der Waals surface area contributed by atoms with E-state index in [1.807, 2.05) is 5.32 Å².